The van der Waals surface area contributed by atoms with Crippen LogP contribution >= 0.6 is 0 Å². The standard InChI is InChI=1S/C12H21N5O3/c1-9(2)11(13)4-5-15(3)12(18)8-16-7-10(6-14-16)17(19)20/h6-7,9,11H,4-5,8,13H2,1-3H3. The predicted octanol–water partition coefficient (Wildman–Crippen LogP) is 0.623. The summed E-state index contributed by atoms with van der Waals surface area (Å²) in [5.41, 5.74) is 5.80. The molecule has 0 aliphatic heterocycles. The number of rotatable bonds is 7. The molecule has 8 heteroatoms. The lowest BCUT2D eigenvalue weighted by Gasteiger charge is -2.21. The van der Waals surface area contributed by atoms with Gasteiger partial charge in [-0.1, -0.05) is 13.8 Å². The monoisotopic (exact) mass is 283 g/mol. The first-order chi connectivity index (χ1) is 9.31. The van der Waals surface area contributed by atoms with E-state index in [1.54, 1.807) is 11.9 Å². The quantitative estimate of drug-likeness (QED) is 0.583. The first kappa shape index (κ1) is 16.1. The van der Waals surface area contributed by atoms with Crippen LogP contribution in [0.1, 0.15) is 20.3 Å². The van der Waals surface area contributed by atoms with Crippen molar-refractivity contribution < 1.29 is 9.72 Å². The molecule has 0 aliphatic carbocycles. The van der Waals surface area contributed by atoms with Crippen LogP contribution in [-0.4, -0.2) is 45.1 Å². The van der Waals surface area contributed by atoms with Crippen molar-refractivity contribution in [1.82, 2.24) is 14.7 Å². The van der Waals surface area contributed by atoms with Crippen molar-refractivity contribution in [2.45, 2.75) is 32.9 Å². The molecule has 1 atom stereocenters. The van der Waals surface area contributed by atoms with Gasteiger partial charge in [-0.15, -0.1) is 0 Å². The number of carbonyl (C=O) groups is 1. The second-order valence-electron chi connectivity index (χ2n) is 5.17. The maximum atomic E-state index is 11.9. The zero-order valence-corrected chi connectivity index (χ0v) is 12.0. The van der Waals surface area contributed by atoms with E-state index in [0.717, 1.165) is 12.6 Å². The fourth-order valence-corrected chi connectivity index (χ4v) is 1.59. The molecule has 0 spiro atoms. The lowest BCUT2D eigenvalue weighted by molar-refractivity contribution is -0.385. The Balaban J connectivity index is 2.46. The van der Waals surface area contributed by atoms with Gasteiger partial charge in [0.25, 0.3) is 0 Å². The summed E-state index contributed by atoms with van der Waals surface area (Å²) in [4.78, 5) is 23.5. The molecule has 1 aromatic heterocycles. The number of nitro groups is 1. The van der Waals surface area contributed by atoms with Gasteiger partial charge in [0.15, 0.2) is 0 Å². The summed E-state index contributed by atoms with van der Waals surface area (Å²) in [5.74, 6) is 0.214. The lowest BCUT2D eigenvalue weighted by atomic mass is 10.0. The Labute approximate surface area is 117 Å². The molecule has 0 saturated carbocycles. The van der Waals surface area contributed by atoms with Crippen LogP contribution in [0.15, 0.2) is 12.4 Å². The van der Waals surface area contributed by atoms with Crippen molar-refractivity contribution >= 4 is 11.6 Å². The summed E-state index contributed by atoms with van der Waals surface area (Å²) in [5, 5.41) is 14.3. The van der Waals surface area contributed by atoms with Crippen LogP contribution in [0.25, 0.3) is 0 Å². The summed E-state index contributed by atoms with van der Waals surface area (Å²) < 4.78 is 1.26. The van der Waals surface area contributed by atoms with Crippen LogP contribution in [-0.2, 0) is 11.3 Å². The van der Waals surface area contributed by atoms with Gasteiger partial charge in [-0.2, -0.15) is 5.10 Å². The summed E-state index contributed by atoms with van der Waals surface area (Å²) in [7, 11) is 1.69. The first-order valence-electron chi connectivity index (χ1n) is 6.47. The van der Waals surface area contributed by atoms with Crippen molar-refractivity contribution in [3.63, 3.8) is 0 Å². The van der Waals surface area contributed by atoms with Crippen molar-refractivity contribution in [1.29, 1.82) is 0 Å². The van der Waals surface area contributed by atoms with E-state index >= 15 is 0 Å². The van der Waals surface area contributed by atoms with E-state index in [1.807, 2.05) is 13.8 Å². The average molecular weight is 283 g/mol. The molecule has 1 aromatic rings. The number of nitrogens with two attached hydrogens (primary N) is 1. The largest absolute Gasteiger partial charge is 0.344 e. The Bertz CT molecular complexity index is 471. The number of hydrogen-bond donors (Lipinski definition) is 1. The van der Waals surface area contributed by atoms with Gasteiger partial charge in [0.2, 0.25) is 5.91 Å². The molecule has 0 radical (unpaired) electrons. The summed E-state index contributed by atoms with van der Waals surface area (Å²) in [6.45, 7) is 4.62. The maximum absolute atomic E-state index is 11.9. The number of hydrogen-bond acceptors (Lipinski definition) is 5. The van der Waals surface area contributed by atoms with Gasteiger partial charge >= 0.3 is 5.69 Å². The number of aromatic nitrogens is 2. The van der Waals surface area contributed by atoms with Crippen LogP contribution in [0.3, 0.4) is 0 Å². The van der Waals surface area contributed by atoms with Crippen molar-refractivity contribution in [3.8, 4) is 0 Å². The van der Waals surface area contributed by atoms with Gasteiger partial charge in [0.05, 0.1) is 4.92 Å². The molecule has 112 valence electrons. The molecular weight excluding hydrogens is 262 g/mol. The van der Waals surface area contributed by atoms with Crippen LogP contribution in [0.5, 0.6) is 0 Å². The van der Waals surface area contributed by atoms with E-state index in [2.05, 4.69) is 5.10 Å². The van der Waals surface area contributed by atoms with Gasteiger partial charge < -0.3 is 10.6 Å². The third-order valence-electron chi connectivity index (χ3n) is 3.21. The molecule has 0 bridgehead atoms. The van der Waals surface area contributed by atoms with Crippen molar-refractivity contribution in [2.24, 2.45) is 11.7 Å². The fourth-order valence-electron chi connectivity index (χ4n) is 1.59. The number of nitrogens with zero attached hydrogens (tertiary/aromatic N) is 4. The van der Waals surface area contributed by atoms with Crippen LogP contribution < -0.4 is 5.73 Å². The molecule has 1 amide bonds. The first-order valence-corrected chi connectivity index (χ1v) is 6.47. The molecule has 0 fully saturated rings. The van der Waals surface area contributed by atoms with Gasteiger partial charge in [0.1, 0.15) is 18.9 Å². The van der Waals surface area contributed by atoms with E-state index < -0.39 is 4.92 Å². The van der Waals surface area contributed by atoms with Crippen LogP contribution in [0.4, 0.5) is 5.69 Å². The molecule has 1 rings (SSSR count). The summed E-state index contributed by atoms with van der Waals surface area (Å²) in [6.07, 6.45) is 3.09. The molecule has 2 N–H and O–H groups in total. The number of likely N-dealkylation sites (N-methyl/N-ethyl adjacent to an activating group) is 1. The maximum Gasteiger partial charge on any atom is 0.307 e. The minimum absolute atomic E-state index is 0.0126. The fraction of sp³-hybridized carbons (Fsp3) is 0.667. The molecule has 0 aliphatic rings. The highest BCUT2D eigenvalue weighted by molar-refractivity contribution is 5.75. The van der Waals surface area contributed by atoms with Gasteiger partial charge in [-0.25, -0.2) is 0 Å². The zero-order chi connectivity index (χ0) is 15.3. The minimum atomic E-state index is -0.542. The van der Waals surface area contributed by atoms with Gasteiger partial charge in [0, 0.05) is 19.6 Å². The molecule has 20 heavy (non-hydrogen) atoms. The SMILES string of the molecule is CC(C)C(N)CCN(C)C(=O)Cn1cc([N+](=O)[O-])cn1. The van der Waals surface area contributed by atoms with E-state index in [4.69, 9.17) is 5.73 Å². The van der Waals surface area contributed by atoms with E-state index in [0.29, 0.717) is 12.5 Å². The van der Waals surface area contributed by atoms with E-state index in [-0.39, 0.29) is 24.2 Å². The van der Waals surface area contributed by atoms with Crippen molar-refractivity contribution in [2.75, 3.05) is 13.6 Å². The Morgan fingerprint density at radius 1 is 1.60 bits per heavy atom. The highest BCUT2D eigenvalue weighted by atomic mass is 16.6. The Hall–Kier alpha value is -1.96. The van der Waals surface area contributed by atoms with Crippen molar-refractivity contribution in [3.05, 3.63) is 22.5 Å². The number of amides is 1. The third kappa shape index (κ3) is 4.61. The van der Waals surface area contributed by atoms with Crippen LogP contribution in [0.2, 0.25) is 0 Å². The highest BCUT2D eigenvalue weighted by Crippen LogP contribution is 2.08. The minimum Gasteiger partial charge on any atom is -0.344 e. The van der Waals surface area contributed by atoms with E-state index in [1.165, 1.54) is 10.9 Å². The van der Waals surface area contributed by atoms with Gasteiger partial charge in [-0.3, -0.25) is 19.6 Å². The Kier molecular flexibility index (Phi) is 5.63. The predicted molar refractivity (Wildman–Crippen MR) is 73.9 cm³/mol. The summed E-state index contributed by atoms with van der Waals surface area (Å²) >= 11 is 0. The van der Waals surface area contributed by atoms with Gasteiger partial charge in [-0.05, 0) is 12.3 Å². The second kappa shape index (κ2) is 6.99. The molecule has 1 unspecified atom stereocenters. The highest BCUT2D eigenvalue weighted by Gasteiger charge is 2.15. The normalized spacial score (nSPS) is 12.4. The smallest absolute Gasteiger partial charge is 0.307 e. The second-order valence-corrected chi connectivity index (χ2v) is 5.17. The molecule has 8 nitrogen and oxygen atoms in total. The Morgan fingerprint density at radius 3 is 2.75 bits per heavy atom. The van der Waals surface area contributed by atoms with Crippen LogP contribution in [0, 0.1) is 16.0 Å². The summed E-state index contributed by atoms with van der Waals surface area (Å²) in [6, 6.07) is 0.0519. The molecule has 0 aromatic carbocycles. The molecule has 0 saturated heterocycles. The Morgan fingerprint density at radius 2 is 2.25 bits per heavy atom. The average Bonchev–Trinajstić information content (AvgIpc) is 2.83. The third-order valence-corrected chi connectivity index (χ3v) is 3.21. The zero-order valence-electron chi connectivity index (χ0n) is 12.0. The lowest BCUT2D eigenvalue weighted by Crippen LogP contribution is -2.36. The number of carbonyl (C=O) groups excluding carboxylic acids is 1. The molecule has 1 heterocycles. The topological polar surface area (TPSA) is 107 Å². The molecular formula is C12H21N5O3. The van der Waals surface area contributed by atoms with E-state index in [9.17, 15) is 14.9 Å².